The molecule has 3 rings (SSSR count). The minimum Gasteiger partial charge on any atom is -0.495 e. The smallest absolute Gasteiger partial charge is 0.206 e. The molecule has 0 unspecified atom stereocenters. The number of methoxy groups -OCH3 is 2. The first kappa shape index (κ1) is 14.4. The van der Waals surface area contributed by atoms with Gasteiger partial charge < -0.3 is 9.47 Å². The third-order valence-corrected chi connectivity index (χ3v) is 5.54. The van der Waals surface area contributed by atoms with E-state index in [1.54, 1.807) is 23.5 Å². The lowest BCUT2D eigenvalue weighted by Gasteiger charge is -2.11. The van der Waals surface area contributed by atoms with Gasteiger partial charge in [-0.2, -0.15) is 0 Å². The number of carbonyl (C=O) groups excluding carboxylic acids is 1. The summed E-state index contributed by atoms with van der Waals surface area (Å²) in [7, 11) is 3.01. The number of hydrogen-bond acceptors (Lipinski definition) is 5. The van der Waals surface area contributed by atoms with Gasteiger partial charge >= 0.3 is 0 Å². The van der Waals surface area contributed by atoms with E-state index < -0.39 is 0 Å². The van der Waals surface area contributed by atoms with Gasteiger partial charge in [0.25, 0.3) is 0 Å². The van der Waals surface area contributed by atoms with Gasteiger partial charge in [0.15, 0.2) is 5.75 Å². The molecule has 0 aliphatic rings. The molecule has 0 N–H and O–H groups in total. The largest absolute Gasteiger partial charge is 0.495 e. The van der Waals surface area contributed by atoms with E-state index in [9.17, 15) is 4.79 Å². The van der Waals surface area contributed by atoms with Crippen LogP contribution in [0.25, 0.3) is 9.40 Å². The van der Waals surface area contributed by atoms with Crippen molar-refractivity contribution in [2.24, 2.45) is 0 Å². The summed E-state index contributed by atoms with van der Waals surface area (Å²) in [6.45, 7) is 0. The van der Waals surface area contributed by atoms with Crippen LogP contribution in [0.5, 0.6) is 11.5 Å². The van der Waals surface area contributed by atoms with Gasteiger partial charge in [0.1, 0.15) is 10.8 Å². The number of halogens is 1. The second kappa shape index (κ2) is 5.67. The average Bonchev–Trinajstić information content (AvgIpc) is 3.07. The van der Waals surface area contributed by atoms with Crippen LogP contribution in [0.3, 0.4) is 0 Å². The molecule has 2 aromatic heterocycles. The summed E-state index contributed by atoms with van der Waals surface area (Å²) in [5, 5.41) is 2.32. The summed E-state index contributed by atoms with van der Waals surface area (Å²) in [5.74, 6) is 0.736. The van der Waals surface area contributed by atoms with Gasteiger partial charge in [-0.1, -0.05) is 11.6 Å². The molecule has 108 valence electrons. The van der Waals surface area contributed by atoms with Crippen molar-refractivity contribution in [1.82, 2.24) is 0 Å². The summed E-state index contributed by atoms with van der Waals surface area (Å²) in [6.07, 6.45) is 0. The zero-order valence-corrected chi connectivity index (χ0v) is 13.7. The van der Waals surface area contributed by atoms with Crippen LogP contribution in [-0.2, 0) is 0 Å². The lowest BCUT2D eigenvalue weighted by molar-refractivity contribution is 0.103. The predicted molar refractivity (Wildman–Crippen MR) is 87.7 cm³/mol. The first-order valence-electron chi connectivity index (χ1n) is 6.08. The molecule has 3 nitrogen and oxygen atoms in total. The zero-order valence-electron chi connectivity index (χ0n) is 11.3. The van der Waals surface area contributed by atoms with Crippen molar-refractivity contribution in [2.75, 3.05) is 14.2 Å². The van der Waals surface area contributed by atoms with Gasteiger partial charge in [0.2, 0.25) is 5.78 Å². The van der Waals surface area contributed by atoms with E-state index in [0.717, 1.165) is 9.40 Å². The molecule has 0 amide bonds. The number of hydrogen-bond donors (Lipinski definition) is 0. The first-order chi connectivity index (χ1) is 10.2. The molecule has 3 aromatic rings. The van der Waals surface area contributed by atoms with Crippen molar-refractivity contribution < 1.29 is 14.3 Å². The molecule has 0 aliphatic heterocycles. The highest BCUT2D eigenvalue weighted by Gasteiger charge is 2.21. The van der Waals surface area contributed by atoms with E-state index in [4.69, 9.17) is 21.1 Å². The highest BCUT2D eigenvalue weighted by Crippen LogP contribution is 2.39. The van der Waals surface area contributed by atoms with Gasteiger partial charge in [-0.05, 0) is 29.6 Å². The summed E-state index contributed by atoms with van der Waals surface area (Å²) in [6, 6.07) is 7.28. The number of thiophene rings is 2. The van der Waals surface area contributed by atoms with Crippen molar-refractivity contribution in [2.45, 2.75) is 0 Å². The summed E-state index contributed by atoms with van der Waals surface area (Å²) >= 11 is 9.30. The number of fused-ring (bicyclic) bond motifs is 1. The maximum atomic E-state index is 12.7. The van der Waals surface area contributed by atoms with Gasteiger partial charge in [0.05, 0.1) is 24.7 Å². The van der Waals surface area contributed by atoms with E-state index in [2.05, 4.69) is 0 Å². The van der Waals surface area contributed by atoms with Crippen molar-refractivity contribution >= 4 is 49.5 Å². The third-order valence-electron chi connectivity index (χ3n) is 3.09. The minimum atomic E-state index is -0.0928. The molecule has 0 saturated heterocycles. The van der Waals surface area contributed by atoms with Crippen LogP contribution in [0.15, 0.2) is 29.6 Å². The third kappa shape index (κ3) is 2.41. The Morgan fingerprint density at radius 2 is 1.95 bits per heavy atom. The SMILES string of the molecule is COc1ccc(C(=O)c2cc3sccc3s2)c(OC)c1Cl. The molecular weight excluding hydrogens is 328 g/mol. The Kier molecular flexibility index (Phi) is 3.89. The molecule has 0 bridgehead atoms. The first-order valence-corrected chi connectivity index (χ1v) is 8.15. The van der Waals surface area contributed by atoms with Gasteiger partial charge in [0, 0.05) is 9.40 Å². The minimum absolute atomic E-state index is 0.0928. The molecule has 2 heterocycles. The number of rotatable bonds is 4. The Balaban J connectivity index is 2.09. The normalized spacial score (nSPS) is 10.8. The number of ether oxygens (including phenoxy) is 2. The molecule has 0 radical (unpaired) electrons. The lowest BCUT2D eigenvalue weighted by Crippen LogP contribution is -2.03. The maximum absolute atomic E-state index is 12.7. The van der Waals surface area contributed by atoms with E-state index in [1.165, 1.54) is 25.6 Å². The van der Waals surface area contributed by atoms with E-state index >= 15 is 0 Å². The lowest BCUT2D eigenvalue weighted by atomic mass is 10.1. The maximum Gasteiger partial charge on any atom is 0.206 e. The van der Waals surface area contributed by atoms with Crippen LogP contribution in [0, 0.1) is 0 Å². The second-order valence-electron chi connectivity index (χ2n) is 4.25. The average molecular weight is 339 g/mol. The van der Waals surface area contributed by atoms with Crippen molar-refractivity contribution in [1.29, 1.82) is 0 Å². The van der Waals surface area contributed by atoms with Gasteiger partial charge in [-0.3, -0.25) is 4.79 Å². The molecule has 21 heavy (non-hydrogen) atoms. The predicted octanol–water partition coefficient (Wildman–Crippen LogP) is 4.86. The highest BCUT2D eigenvalue weighted by molar-refractivity contribution is 7.28. The molecule has 1 aromatic carbocycles. The number of benzene rings is 1. The van der Waals surface area contributed by atoms with Crippen molar-refractivity contribution in [3.63, 3.8) is 0 Å². The zero-order chi connectivity index (χ0) is 15.0. The topological polar surface area (TPSA) is 35.5 Å². The summed E-state index contributed by atoms with van der Waals surface area (Å²) < 4.78 is 12.7. The fourth-order valence-corrected chi connectivity index (χ4v) is 4.47. The molecule has 0 fully saturated rings. The molecule has 0 spiro atoms. The molecule has 6 heteroatoms. The summed E-state index contributed by atoms with van der Waals surface area (Å²) in [5.41, 5.74) is 0.442. The number of carbonyl (C=O) groups is 1. The molecule has 0 atom stereocenters. The summed E-state index contributed by atoms with van der Waals surface area (Å²) in [4.78, 5) is 13.4. The second-order valence-corrected chi connectivity index (χ2v) is 6.66. The standard InChI is InChI=1S/C15H11ClO3S2/c1-18-9-4-3-8(15(19-2)13(9)16)14(17)12-7-11-10(21-12)5-6-20-11/h3-7H,1-2H3. The fourth-order valence-electron chi connectivity index (χ4n) is 2.08. The van der Waals surface area contributed by atoms with E-state index in [0.29, 0.717) is 27.0 Å². The highest BCUT2D eigenvalue weighted by atomic mass is 35.5. The fraction of sp³-hybridized carbons (Fsp3) is 0.133. The van der Waals surface area contributed by atoms with Crippen molar-refractivity contribution in [3.8, 4) is 11.5 Å². The van der Waals surface area contributed by atoms with Crippen LogP contribution < -0.4 is 9.47 Å². The van der Waals surface area contributed by atoms with Gasteiger partial charge in [-0.15, -0.1) is 22.7 Å². The van der Waals surface area contributed by atoms with Crippen LogP contribution in [0.4, 0.5) is 0 Å². The Morgan fingerprint density at radius 3 is 2.62 bits per heavy atom. The molecular formula is C15H11ClO3S2. The van der Waals surface area contributed by atoms with Gasteiger partial charge in [-0.25, -0.2) is 0 Å². The van der Waals surface area contributed by atoms with E-state index in [-0.39, 0.29) is 5.78 Å². The van der Waals surface area contributed by atoms with Crippen LogP contribution in [0.1, 0.15) is 15.2 Å². The van der Waals surface area contributed by atoms with Crippen LogP contribution >= 0.6 is 34.3 Å². The monoisotopic (exact) mass is 338 g/mol. The quantitative estimate of drug-likeness (QED) is 0.637. The van der Waals surface area contributed by atoms with Crippen molar-refractivity contribution in [3.05, 3.63) is 45.1 Å². The molecule has 0 aliphatic carbocycles. The Labute approximate surface area is 134 Å². The van der Waals surface area contributed by atoms with E-state index in [1.807, 2.05) is 17.5 Å². The number of ketones is 1. The van der Waals surface area contributed by atoms with Crippen LogP contribution in [0.2, 0.25) is 5.02 Å². The Hall–Kier alpha value is -1.56. The Morgan fingerprint density at radius 1 is 1.14 bits per heavy atom. The Bertz CT molecular complexity index is 791. The molecule has 0 saturated carbocycles. The van der Waals surface area contributed by atoms with Crippen LogP contribution in [-0.4, -0.2) is 20.0 Å².